The second-order valence-electron chi connectivity index (χ2n) is 11.7. The van der Waals surface area contributed by atoms with Crippen molar-refractivity contribution in [1.29, 1.82) is 0 Å². The zero-order valence-electron chi connectivity index (χ0n) is 18.7. The summed E-state index contributed by atoms with van der Waals surface area (Å²) in [6.45, 7) is 11.1. The largest absolute Gasteiger partial charge is 0.385 e. The number of fused-ring (bicyclic) bond motifs is 3. The standard InChI is InChI=1S/C24H34N2O3S/c1-21(2)11-17-12-23(5)14-22(3,4)15-24(27,16-23)20(17)19(13-21)25-26-30(28,29)18-9-7-6-8-10-18/h6-10,26-27H,11-16H2,1-5H3. The zero-order valence-corrected chi connectivity index (χ0v) is 19.6. The minimum Gasteiger partial charge on any atom is -0.385 e. The molecule has 1 aromatic rings. The van der Waals surface area contributed by atoms with E-state index in [0.29, 0.717) is 25.0 Å². The number of hydrazone groups is 1. The molecule has 0 radical (unpaired) electrons. The van der Waals surface area contributed by atoms with Gasteiger partial charge in [0, 0.05) is 5.57 Å². The second-order valence-corrected chi connectivity index (χ2v) is 13.3. The molecular weight excluding hydrogens is 396 g/mol. The second kappa shape index (κ2) is 6.67. The molecule has 2 N–H and O–H groups in total. The molecule has 0 saturated heterocycles. The summed E-state index contributed by atoms with van der Waals surface area (Å²) in [5, 5.41) is 16.3. The van der Waals surface area contributed by atoms with Gasteiger partial charge in [-0.25, -0.2) is 0 Å². The summed E-state index contributed by atoms with van der Waals surface area (Å²) in [6, 6.07) is 8.29. The van der Waals surface area contributed by atoms with E-state index in [0.717, 1.165) is 24.8 Å². The van der Waals surface area contributed by atoms with Crippen LogP contribution >= 0.6 is 0 Å². The molecule has 0 amide bonds. The molecule has 2 bridgehead atoms. The lowest BCUT2D eigenvalue weighted by Crippen LogP contribution is -2.54. The molecular formula is C24H34N2O3S. The van der Waals surface area contributed by atoms with Crippen molar-refractivity contribution in [3.8, 4) is 0 Å². The molecule has 30 heavy (non-hydrogen) atoms. The van der Waals surface area contributed by atoms with Crippen molar-refractivity contribution >= 4 is 15.7 Å². The number of hydrogen-bond donors (Lipinski definition) is 2. The zero-order chi connectivity index (χ0) is 22.0. The Morgan fingerprint density at radius 1 is 0.900 bits per heavy atom. The highest BCUT2D eigenvalue weighted by atomic mass is 32.2. The van der Waals surface area contributed by atoms with E-state index < -0.39 is 15.6 Å². The minimum atomic E-state index is -3.75. The van der Waals surface area contributed by atoms with Crippen molar-refractivity contribution in [1.82, 2.24) is 4.83 Å². The fourth-order valence-electron chi connectivity index (χ4n) is 6.74. The molecule has 0 heterocycles. The Morgan fingerprint density at radius 3 is 2.23 bits per heavy atom. The molecule has 3 aliphatic rings. The van der Waals surface area contributed by atoms with Gasteiger partial charge in [0.2, 0.25) is 0 Å². The molecule has 0 aromatic heterocycles. The van der Waals surface area contributed by atoms with Gasteiger partial charge >= 0.3 is 0 Å². The fraction of sp³-hybridized carbons (Fsp3) is 0.625. The summed E-state index contributed by atoms with van der Waals surface area (Å²) in [6.07, 6.45) is 4.99. The predicted molar refractivity (Wildman–Crippen MR) is 120 cm³/mol. The van der Waals surface area contributed by atoms with Crippen LogP contribution in [0.4, 0.5) is 0 Å². The average molecular weight is 431 g/mol. The van der Waals surface area contributed by atoms with Crippen molar-refractivity contribution in [2.45, 2.75) is 83.6 Å². The molecule has 0 spiro atoms. The Morgan fingerprint density at radius 2 is 1.57 bits per heavy atom. The van der Waals surface area contributed by atoms with Crippen LogP contribution < -0.4 is 4.83 Å². The van der Waals surface area contributed by atoms with Gasteiger partial charge in [-0.3, -0.25) is 0 Å². The summed E-state index contributed by atoms with van der Waals surface area (Å²) < 4.78 is 25.5. The van der Waals surface area contributed by atoms with Crippen LogP contribution in [-0.4, -0.2) is 24.8 Å². The van der Waals surface area contributed by atoms with Crippen LogP contribution in [-0.2, 0) is 10.0 Å². The number of hydrogen-bond acceptors (Lipinski definition) is 4. The number of sulfonamides is 1. The molecule has 2 unspecified atom stereocenters. The van der Waals surface area contributed by atoms with E-state index in [2.05, 4.69) is 44.6 Å². The fourth-order valence-corrected chi connectivity index (χ4v) is 7.59. The van der Waals surface area contributed by atoms with E-state index in [4.69, 9.17) is 0 Å². The van der Waals surface area contributed by atoms with Crippen LogP contribution in [0.2, 0.25) is 0 Å². The highest BCUT2D eigenvalue weighted by Gasteiger charge is 2.56. The maximum atomic E-state index is 12.7. The van der Waals surface area contributed by atoms with Gasteiger partial charge in [-0.2, -0.15) is 18.4 Å². The monoisotopic (exact) mass is 430 g/mol. The summed E-state index contributed by atoms with van der Waals surface area (Å²) in [5.41, 5.74) is 1.99. The molecule has 2 atom stereocenters. The van der Waals surface area contributed by atoms with Crippen LogP contribution in [0, 0.1) is 16.2 Å². The van der Waals surface area contributed by atoms with Crippen molar-refractivity contribution in [2.24, 2.45) is 21.3 Å². The molecule has 1 fully saturated rings. The number of nitrogens with one attached hydrogen (secondary N) is 1. The van der Waals surface area contributed by atoms with Crippen LogP contribution in [0.1, 0.15) is 73.1 Å². The number of aliphatic hydroxyl groups is 1. The lowest BCUT2D eigenvalue weighted by molar-refractivity contribution is -0.0754. The normalized spacial score (nSPS) is 33.9. The minimum absolute atomic E-state index is 0.0241. The quantitative estimate of drug-likeness (QED) is 0.677. The van der Waals surface area contributed by atoms with Gasteiger partial charge in [0.1, 0.15) is 0 Å². The van der Waals surface area contributed by atoms with Gasteiger partial charge in [-0.15, -0.1) is 0 Å². The summed E-state index contributed by atoms with van der Waals surface area (Å²) in [7, 11) is -3.75. The van der Waals surface area contributed by atoms with Gasteiger partial charge in [0.25, 0.3) is 10.0 Å². The Labute approximate surface area is 180 Å². The maximum absolute atomic E-state index is 12.7. The van der Waals surface area contributed by atoms with Gasteiger partial charge in [-0.1, -0.05) is 58.4 Å². The molecule has 1 saturated carbocycles. The molecule has 0 aliphatic heterocycles. The van der Waals surface area contributed by atoms with Crippen LogP contribution in [0.5, 0.6) is 0 Å². The first-order valence-corrected chi connectivity index (χ1v) is 12.3. The van der Waals surface area contributed by atoms with Gasteiger partial charge < -0.3 is 5.11 Å². The highest BCUT2D eigenvalue weighted by Crippen LogP contribution is 2.61. The average Bonchev–Trinajstić information content (AvgIpc) is 2.56. The SMILES string of the molecule is CC1(C)CC(=NNS(=O)(=O)c2ccccc2)C2=C(C1)CC1(C)CC(C)(C)CC2(O)C1. The molecule has 4 rings (SSSR count). The van der Waals surface area contributed by atoms with Crippen molar-refractivity contribution < 1.29 is 13.5 Å². The summed E-state index contributed by atoms with van der Waals surface area (Å²) >= 11 is 0. The molecule has 1 aromatic carbocycles. The van der Waals surface area contributed by atoms with E-state index >= 15 is 0 Å². The van der Waals surface area contributed by atoms with E-state index in [-0.39, 0.29) is 21.1 Å². The topological polar surface area (TPSA) is 78.8 Å². The van der Waals surface area contributed by atoms with E-state index in [1.54, 1.807) is 30.3 Å². The third-order valence-electron chi connectivity index (χ3n) is 6.84. The van der Waals surface area contributed by atoms with Crippen molar-refractivity contribution in [3.05, 3.63) is 41.5 Å². The van der Waals surface area contributed by atoms with Gasteiger partial charge in [0.15, 0.2) is 0 Å². The maximum Gasteiger partial charge on any atom is 0.276 e. The Hall–Kier alpha value is -1.66. The number of benzene rings is 1. The first kappa shape index (κ1) is 21.6. The van der Waals surface area contributed by atoms with Crippen LogP contribution in [0.25, 0.3) is 0 Å². The first-order valence-electron chi connectivity index (χ1n) is 10.8. The Balaban J connectivity index is 1.77. The predicted octanol–water partition coefficient (Wildman–Crippen LogP) is 4.79. The smallest absolute Gasteiger partial charge is 0.276 e. The van der Waals surface area contributed by atoms with Crippen molar-refractivity contribution in [3.63, 3.8) is 0 Å². The number of allylic oxidation sites excluding steroid dienone is 1. The summed E-state index contributed by atoms with van der Waals surface area (Å²) in [4.78, 5) is 2.64. The lowest BCUT2D eigenvalue weighted by Gasteiger charge is -2.57. The lowest BCUT2D eigenvalue weighted by atomic mass is 9.49. The summed E-state index contributed by atoms with van der Waals surface area (Å²) in [5.74, 6) is 0. The highest BCUT2D eigenvalue weighted by molar-refractivity contribution is 7.89. The number of rotatable bonds is 3. The Bertz CT molecular complexity index is 1020. The third kappa shape index (κ3) is 3.96. The van der Waals surface area contributed by atoms with E-state index in [1.165, 1.54) is 5.57 Å². The van der Waals surface area contributed by atoms with Crippen molar-refractivity contribution in [2.75, 3.05) is 0 Å². The van der Waals surface area contributed by atoms with Gasteiger partial charge in [-0.05, 0) is 66.9 Å². The molecule has 5 nitrogen and oxygen atoms in total. The number of nitrogens with zero attached hydrogens (tertiary/aromatic N) is 1. The molecule has 3 aliphatic carbocycles. The Kier molecular flexibility index (Phi) is 4.79. The van der Waals surface area contributed by atoms with E-state index in [9.17, 15) is 13.5 Å². The third-order valence-corrected chi connectivity index (χ3v) is 8.06. The van der Waals surface area contributed by atoms with Crippen LogP contribution in [0.3, 0.4) is 0 Å². The first-order chi connectivity index (χ1) is 13.7. The molecule has 6 heteroatoms. The van der Waals surface area contributed by atoms with Gasteiger partial charge in [0.05, 0.1) is 16.2 Å². The molecule has 164 valence electrons. The van der Waals surface area contributed by atoms with Crippen LogP contribution in [0.15, 0.2) is 51.5 Å². The van der Waals surface area contributed by atoms with E-state index in [1.807, 2.05) is 0 Å².